The first kappa shape index (κ1) is 8.70. The standard InChI is InChI=1S/C2H3F3O3S/c3-2(4,6)1-9(5,7)8/h6H,1H2. The second kappa shape index (κ2) is 2.14. The summed E-state index contributed by atoms with van der Waals surface area (Å²) in [5, 5.41) is 7.40. The third-order valence-corrected chi connectivity index (χ3v) is 1.04. The number of alkyl halides is 2. The molecule has 7 heteroatoms. The van der Waals surface area contributed by atoms with Gasteiger partial charge < -0.3 is 5.11 Å². The van der Waals surface area contributed by atoms with Crippen LogP contribution in [0.4, 0.5) is 12.7 Å². The fourth-order valence-electron chi connectivity index (χ4n) is 0.207. The molecular formula is C2H3F3O3S. The van der Waals surface area contributed by atoms with Gasteiger partial charge in [-0.2, -0.15) is 17.2 Å². The lowest BCUT2D eigenvalue weighted by Crippen LogP contribution is -2.24. The van der Waals surface area contributed by atoms with E-state index in [-0.39, 0.29) is 0 Å². The van der Waals surface area contributed by atoms with Gasteiger partial charge in [-0.15, -0.1) is 3.89 Å². The van der Waals surface area contributed by atoms with Gasteiger partial charge in [0.15, 0.2) is 5.75 Å². The van der Waals surface area contributed by atoms with E-state index in [1.54, 1.807) is 0 Å². The fourth-order valence-corrected chi connectivity index (χ4v) is 0.622. The summed E-state index contributed by atoms with van der Waals surface area (Å²) in [5.74, 6) is -2.18. The maximum absolute atomic E-state index is 11.2. The first-order chi connectivity index (χ1) is 3.71. The van der Waals surface area contributed by atoms with Gasteiger partial charge in [0.2, 0.25) is 0 Å². The van der Waals surface area contributed by atoms with Gasteiger partial charge in [0.05, 0.1) is 0 Å². The first-order valence-electron chi connectivity index (χ1n) is 1.73. The Hall–Kier alpha value is -0.300. The fraction of sp³-hybridized carbons (Fsp3) is 1.00. The van der Waals surface area contributed by atoms with Crippen LogP contribution in [0.2, 0.25) is 0 Å². The van der Waals surface area contributed by atoms with E-state index < -0.39 is 22.1 Å². The molecule has 0 heterocycles. The Morgan fingerprint density at radius 3 is 1.78 bits per heavy atom. The number of halogens is 3. The number of rotatable bonds is 2. The zero-order valence-corrected chi connectivity index (χ0v) is 4.83. The summed E-state index contributed by atoms with van der Waals surface area (Å²) in [5.41, 5.74) is 0. The van der Waals surface area contributed by atoms with Gasteiger partial charge in [-0.3, -0.25) is 0 Å². The van der Waals surface area contributed by atoms with Gasteiger partial charge in [-0.25, -0.2) is 0 Å². The molecule has 0 fully saturated rings. The summed E-state index contributed by atoms with van der Waals surface area (Å²) in [6, 6.07) is 0. The lowest BCUT2D eigenvalue weighted by molar-refractivity contribution is -0.178. The Morgan fingerprint density at radius 1 is 1.44 bits per heavy atom. The largest absolute Gasteiger partial charge is 0.370 e. The van der Waals surface area contributed by atoms with E-state index in [2.05, 4.69) is 0 Å². The van der Waals surface area contributed by atoms with Crippen molar-refractivity contribution in [1.29, 1.82) is 0 Å². The molecule has 0 amide bonds. The highest BCUT2D eigenvalue weighted by Gasteiger charge is 2.32. The van der Waals surface area contributed by atoms with Crippen LogP contribution in [0, 0.1) is 0 Å². The number of aliphatic hydroxyl groups is 1. The van der Waals surface area contributed by atoms with Crippen LogP contribution in [0.3, 0.4) is 0 Å². The molecule has 0 aromatic rings. The Balaban J connectivity index is 4.07. The van der Waals surface area contributed by atoms with E-state index in [4.69, 9.17) is 5.11 Å². The SMILES string of the molecule is O=S(=O)(F)CC(O)(F)F. The summed E-state index contributed by atoms with van der Waals surface area (Å²) < 4.78 is 52.2. The van der Waals surface area contributed by atoms with Crippen LogP contribution in [0.5, 0.6) is 0 Å². The van der Waals surface area contributed by atoms with Crippen LogP contribution in [0.15, 0.2) is 0 Å². The molecule has 0 saturated carbocycles. The van der Waals surface area contributed by atoms with Crippen molar-refractivity contribution < 1.29 is 26.2 Å². The lowest BCUT2D eigenvalue weighted by atomic mass is 10.8. The lowest BCUT2D eigenvalue weighted by Gasteiger charge is -2.02. The molecular weight excluding hydrogens is 161 g/mol. The van der Waals surface area contributed by atoms with Gasteiger partial charge in [0.25, 0.3) is 0 Å². The van der Waals surface area contributed by atoms with Crippen molar-refractivity contribution in [2.24, 2.45) is 0 Å². The summed E-state index contributed by atoms with van der Waals surface area (Å²) >= 11 is 0. The topological polar surface area (TPSA) is 54.4 Å². The van der Waals surface area contributed by atoms with E-state index in [1.807, 2.05) is 0 Å². The molecule has 0 bridgehead atoms. The number of hydrogen-bond acceptors (Lipinski definition) is 3. The highest BCUT2D eigenvalue weighted by molar-refractivity contribution is 7.86. The van der Waals surface area contributed by atoms with Crippen LogP contribution >= 0.6 is 0 Å². The van der Waals surface area contributed by atoms with Crippen LogP contribution < -0.4 is 0 Å². The van der Waals surface area contributed by atoms with Crippen molar-refractivity contribution in [3.8, 4) is 0 Å². The van der Waals surface area contributed by atoms with E-state index in [0.717, 1.165) is 0 Å². The van der Waals surface area contributed by atoms with Crippen LogP contribution in [0.1, 0.15) is 0 Å². The zero-order chi connectivity index (χ0) is 7.71. The van der Waals surface area contributed by atoms with Crippen molar-refractivity contribution in [2.45, 2.75) is 6.11 Å². The highest BCUT2D eigenvalue weighted by Crippen LogP contribution is 2.11. The molecule has 0 aliphatic heterocycles. The maximum atomic E-state index is 11.2. The maximum Gasteiger partial charge on any atom is 0.370 e. The van der Waals surface area contributed by atoms with E-state index >= 15 is 0 Å². The van der Waals surface area contributed by atoms with Gasteiger partial charge in [-0.05, 0) is 0 Å². The van der Waals surface area contributed by atoms with Crippen LogP contribution in [-0.4, -0.2) is 25.4 Å². The molecule has 0 rings (SSSR count). The second-order valence-corrected chi connectivity index (χ2v) is 2.72. The van der Waals surface area contributed by atoms with E-state index in [9.17, 15) is 21.1 Å². The summed E-state index contributed by atoms with van der Waals surface area (Å²) in [6.45, 7) is 0. The van der Waals surface area contributed by atoms with Crippen molar-refractivity contribution >= 4 is 10.2 Å². The minimum Gasteiger partial charge on any atom is -0.335 e. The van der Waals surface area contributed by atoms with Crippen LogP contribution in [-0.2, 0) is 10.2 Å². The Kier molecular flexibility index (Phi) is 2.07. The second-order valence-electron chi connectivity index (χ2n) is 1.35. The molecule has 1 N–H and O–H groups in total. The molecule has 0 aliphatic rings. The Labute approximate surface area is 49.3 Å². The molecule has 0 unspecified atom stereocenters. The van der Waals surface area contributed by atoms with E-state index in [1.165, 1.54) is 0 Å². The van der Waals surface area contributed by atoms with Gasteiger partial charge in [-0.1, -0.05) is 0 Å². The molecule has 0 aromatic carbocycles. The summed E-state index contributed by atoms with van der Waals surface area (Å²) in [7, 11) is -5.28. The van der Waals surface area contributed by atoms with Crippen LogP contribution in [0.25, 0.3) is 0 Å². The quantitative estimate of drug-likeness (QED) is 0.578. The molecule has 3 nitrogen and oxygen atoms in total. The third kappa shape index (κ3) is 7.70. The molecule has 0 aromatic heterocycles. The highest BCUT2D eigenvalue weighted by atomic mass is 32.3. The smallest absolute Gasteiger partial charge is 0.335 e. The average Bonchev–Trinajstić information content (AvgIpc) is 1.14. The van der Waals surface area contributed by atoms with Gasteiger partial charge in [0, 0.05) is 0 Å². The summed E-state index contributed by atoms with van der Waals surface area (Å²) in [6.07, 6.45) is -4.48. The molecule has 56 valence electrons. The van der Waals surface area contributed by atoms with Gasteiger partial charge in [0.1, 0.15) is 0 Å². The van der Waals surface area contributed by atoms with Crippen molar-refractivity contribution in [2.75, 3.05) is 5.75 Å². The molecule has 0 spiro atoms. The first-order valence-corrected chi connectivity index (χ1v) is 3.28. The normalized spacial score (nSPS) is 13.8. The van der Waals surface area contributed by atoms with Crippen molar-refractivity contribution in [3.63, 3.8) is 0 Å². The molecule has 0 saturated heterocycles. The molecule has 0 radical (unpaired) electrons. The third-order valence-electron chi connectivity index (χ3n) is 0.346. The molecule has 0 aliphatic carbocycles. The zero-order valence-electron chi connectivity index (χ0n) is 4.01. The minimum absolute atomic E-state index is 2.18. The predicted octanol–water partition coefficient (Wildman–Crippen LogP) is -0.129. The molecule has 9 heavy (non-hydrogen) atoms. The minimum atomic E-state index is -5.28. The van der Waals surface area contributed by atoms with Crippen molar-refractivity contribution in [3.05, 3.63) is 0 Å². The monoisotopic (exact) mass is 164 g/mol. The van der Waals surface area contributed by atoms with Crippen molar-refractivity contribution in [1.82, 2.24) is 0 Å². The summed E-state index contributed by atoms with van der Waals surface area (Å²) in [4.78, 5) is 0. The average molecular weight is 164 g/mol. The molecule has 0 atom stereocenters. The van der Waals surface area contributed by atoms with Gasteiger partial charge >= 0.3 is 16.3 Å². The predicted molar refractivity (Wildman–Crippen MR) is 22.1 cm³/mol. The number of hydrogen-bond donors (Lipinski definition) is 1. The Bertz CT molecular complexity index is 178. The van der Waals surface area contributed by atoms with E-state index in [0.29, 0.717) is 0 Å². The Morgan fingerprint density at radius 2 is 1.78 bits per heavy atom.